The van der Waals surface area contributed by atoms with Crippen molar-refractivity contribution in [3.8, 4) is 0 Å². The highest BCUT2D eigenvalue weighted by Crippen LogP contribution is 2.38. The van der Waals surface area contributed by atoms with Crippen LogP contribution in [0.4, 0.5) is 11.4 Å². The van der Waals surface area contributed by atoms with Gasteiger partial charge in [-0.05, 0) is 50.2 Å². The summed E-state index contributed by atoms with van der Waals surface area (Å²) >= 11 is 24.0. The van der Waals surface area contributed by atoms with Gasteiger partial charge in [0.2, 0.25) is 0 Å². The molecular formula is C16H13Cl3N2S. The molecule has 0 atom stereocenters. The fourth-order valence-corrected chi connectivity index (χ4v) is 3.59. The predicted octanol–water partition coefficient (Wildman–Crippen LogP) is 5.99. The van der Waals surface area contributed by atoms with Gasteiger partial charge in [-0.3, -0.25) is 0 Å². The molecule has 2 aromatic rings. The highest BCUT2D eigenvalue weighted by Gasteiger charge is 2.36. The molecule has 22 heavy (non-hydrogen) atoms. The zero-order valence-corrected chi connectivity index (χ0v) is 15.0. The molecule has 0 unspecified atom stereocenters. The summed E-state index contributed by atoms with van der Waals surface area (Å²) in [6.45, 7) is 4.11. The largest absolute Gasteiger partial charge is 0.362 e. The lowest BCUT2D eigenvalue weighted by Gasteiger charge is -2.46. The first-order valence-corrected chi connectivity index (χ1v) is 8.21. The molecule has 6 heteroatoms. The van der Waals surface area contributed by atoms with E-state index < -0.39 is 5.66 Å². The van der Waals surface area contributed by atoms with Gasteiger partial charge in [0.1, 0.15) is 10.7 Å². The molecule has 1 N–H and O–H groups in total. The minimum absolute atomic E-state index is 0.408. The molecule has 2 aromatic carbocycles. The Morgan fingerprint density at radius 2 is 1.73 bits per heavy atom. The third kappa shape index (κ3) is 2.67. The third-order valence-electron chi connectivity index (χ3n) is 3.58. The molecule has 0 bridgehead atoms. The van der Waals surface area contributed by atoms with E-state index in [9.17, 15) is 0 Å². The summed E-state index contributed by atoms with van der Waals surface area (Å²) in [4.78, 5) is 2.71. The van der Waals surface area contributed by atoms with Crippen LogP contribution in [0.25, 0.3) is 0 Å². The summed E-state index contributed by atoms with van der Waals surface area (Å²) in [5.74, 6) is 0. The average molecular weight is 372 g/mol. The number of halogens is 3. The first-order chi connectivity index (χ1) is 10.3. The Hall–Kier alpha value is -1.000. The maximum Gasteiger partial charge on any atom is 0.117 e. The van der Waals surface area contributed by atoms with E-state index in [-0.39, 0.29) is 0 Å². The maximum atomic E-state index is 6.16. The number of rotatable bonds is 1. The standard InChI is InChI=1S/C16H13Cl3N2S/c1-16(2)20-14-6-3-9(17)7-11(14)15(22)21(16)10-4-5-12(18)13(19)8-10/h3-8,20H,1-2H3. The lowest BCUT2D eigenvalue weighted by molar-refractivity contribution is 0.585. The first-order valence-electron chi connectivity index (χ1n) is 6.67. The predicted molar refractivity (Wildman–Crippen MR) is 99.8 cm³/mol. The van der Waals surface area contributed by atoms with Gasteiger partial charge in [0, 0.05) is 22.0 Å². The van der Waals surface area contributed by atoms with Crippen LogP contribution in [0, 0.1) is 0 Å². The second-order valence-electron chi connectivity index (χ2n) is 5.61. The normalized spacial score (nSPS) is 16.2. The Morgan fingerprint density at radius 1 is 1.00 bits per heavy atom. The van der Waals surface area contributed by atoms with Gasteiger partial charge in [-0.15, -0.1) is 0 Å². The Bertz CT molecular complexity index is 774. The van der Waals surface area contributed by atoms with Crippen molar-refractivity contribution in [1.82, 2.24) is 0 Å². The van der Waals surface area contributed by atoms with Gasteiger partial charge in [0.25, 0.3) is 0 Å². The molecule has 1 heterocycles. The smallest absolute Gasteiger partial charge is 0.117 e. The minimum Gasteiger partial charge on any atom is -0.362 e. The summed E-state index contributed by atoms with van der Waals surface area (Å²) < 4.78 is 0. The van der Waals surface area contributed by atoms with E-state index in [1.54, 1.807) is 6.07 Å². The number of anilines is 2. The monoisotopic (exact) mass is 370 g/mol. The fourth-order valence-electron chi connectivity index (χ4n) is 2.63. The average Bonchev–Trinajstić information content (AvgIpc) is 2.43. The summed E-state index contributed by atoms with van der Waals surface area (Å²) in [5, 5.41) is 5.14. The molecule has 0 saturated carbocycles. The van der Waals surface area contributed by atoms with Crippen molar-refractivity contribution in [3.05, 3.63) is 57.0 Å². The highest BCUT2D eigenvalue weighted by atomic mass is 35.5. The molecule has 3 rings (SSSR count). The fraction of sp³-hybridized carbons (Fsp3) is 0.188. The van der Waals surface area contributed by atoms with Gasteiger partial charge in [0.15, 0.2) is 0 Å². The van der Waals surface area contributed by atoms with Crippen LogP contribution in [0.2, 0.25) is 15.1 Å². The molecule has 2 nitrogen and oxygen atoms in total. The van der Waals surface area contributed by atoms with Gasteiger partial charge < -0.3 is 10.2 Å². The van der Waals surface area contributed by atoms with Crippen LogP contribution in [-0.4, -0.2) is 10.7 Å². The summed E-state index contributed by atoms with van der Waals surface area (Å²) in [6.07, 6.45) is 0. The van der Waals surface area contributed by atoms with Crippen molar-refractivity contribution in [2.45, 2.75) is 19.5 Å². The van der Waals surface area contributed by atoms with Crippen molar-refractivity contribution in [3.63, 3.8) is 0 Å². The molecule has 114 valence electrons. The van der Waals surface area contributed by atoms with Gasteiger partial charge in [-0.1, -0.05) is 47.0 Å². The van der Waals surface area contributed by atoms with E-state index in [4.69, 9.17) is 47.0 Å². The number of hydrogen-bond acceptors (Lipinski definition) is 2. The van der Waals surface area contributed by atoms with E-state index >= 15 is 0 Å². The molecule has 0 saturated heterocycles. The Kier molecular flexibility index (Phi) is 4.02. The number of hydrogen-bond donors (Lipinski definition) is 1. The van der Waals surface area contributed by atoms with E-state index in [2.05, 4.69) is 19.2 Å². The maximum absolute atomic E-state index is 6.16. The number of fused-ring (bicyclic) bond motifs is 1. The highest BCUT2D eigenvalue weighted by molar-refractivity contribution is 7.81. The van der Waals surface area contributed by atoms with Crippen LogP contribution in [0.5, 0.6) is 0 Å². The molecule has 0 aliphatic carbocycles. The molecule has 0 fully saturated rings. The number of nitrogens with one attached hydrogen (secondary N) is 1. The third-order valence-corrected chi connectivity index (χ3v) is 4.95. The second-order valence-corrected chi connectivity index (χ2v) is 7.25. The summed E-state index contributed by atoms with van der Waals surface area (Å²) in [5.41, 5.74) is 2.33. The van der Waals surface area contributed by atoms with E-state index in [0.29, 0.717) is 20.1 Å². The lowest BCUT2D eigenvalue weighted by Crippen LogP contribution is -2.56. The van der Waals surface area contributed by atoms with Crippen LogP contribution in [-0.2, 0) is 0 Å². The summed E-state index contributed by atoms with van der Waals surface area (Å²) in [6, 6.07) is 11.1. The van der Waals surface area contributed by atoms with Crippen molar-refractivity contribution in [1.29, 1.82) is 0 Å². The SMILES string of the molecule is CC1(C)Nc2ccc(Cl)cc2C(=S)N1c1ccc(Cl)c(Cl)c1. The van der Waals surface area contributed by atoms with Crippen molar-refractivity contribution < 1.29 is 0 Å². The topological polar surface area (TPSA) is 15.3 Å². The van der Waals surface area contributed by atoms with Crippen molar-refractivity contribution in [2.75, 3.05) is 10.2 Å². The molecule has 0 radical (unpaired) electrons. The van der Waals surface area contributed by atoms with Crippen LogP contribution >= 0.6 is 47.0 Å². The van der Waals surface area contributed by atoms with Crippen molar-refractivity contribution in [2.24, 2.45) is 0 Å². The first kappa shape index (κ1) is 15.9. The van der Waals surface area contributed by atoms with Crippen LogP contribution < -0.4 is 10.2 Å². The van der Waals surface area contributed by atoms with Crippen LogP contribution in [0.15, 0.2) is 36.4 Å². The van der Waals surface area contributed by atoms with Gasteiger partial charge >= 0.3 is 0 Å². The lowest BCUT2D eigenvalue weighted by atomic mass is 10.0. The number of benzene rings is 2. The van der Waals surface area contributed by atoms with Gasteiger partial charge in [-0.25, -0.2) is 0 Å². The molecule has 0 amide bonds. The van der Waals surface area contributed by atoms with E-state index in [0.717, 1.165) is 16.9 Å². The van der Waals surface area contributed by atoms with E-state index in [1.165, 1.54) is 0 Å². The van der Waals surface area contributed by atoms with Crippen LogP contribution in [0.3, 0.4) is 0 Å². The second kappa shape index (κ2) is 5.57. The summed E-state index contributed by atoms with van der Waals surface area (Å²) in [7, 11) is 0. The van der Waals surface area contributed by atoms with Gasteiger partial charge in [0.05, 0.1) is 10.0 Å². The van der Waals surface area contributed by atoms with Crippen LogP contribution in [0.1, 0.15) is 19.4 Å². The number of nitrogens with zero attached hydrogens (tertiary/aromatic N) is 1. The molecule has 1 aliphatic rings. The zero-order valence-electron chi connectivity index (χ0n) is 12.0. The molecule has 0 aromatic heterocycles. The van der Waals surface area contributed by atoms with Gasteiger partial charge in [-0.2, -0.15) is 0 Å². The molecule has 0 spiro atoms. The van der Waals surface area contributed by atoms with Crippen molar-refractivity contribution >= 4 is 63.4 Å². The molecule has 1 aliphatic heterocycles. The minimum atomic E-state index is -0.408. The Morgan fingerprint density at radius 3 is 2.41 bits per heavy atom. The molecular weight excluding hydrogens is 359 g/mol. The van der Waals surface area contributed by atoms with E-state index in [1.807, 2.05) is 35.2 Å². The quantitative estimate of drug-likeness (QED) is 0.620. The zero-order chi connectivity index (χ0) is 16.1. The Labute approximate surface area is 150 Å². The Balaban J connectivity index is 2.14. The number of thiocarbonyl (C=S) groups is 1.